The molecule has 26 heavy (non-hydrogen) atoms. The second-order valence-electron chi connectivity index (χ2n) is 5.60. The van der Waals surface area contributed by atoms with E-state index in [4.69, 9.17) is 18.6 Å². The number of hydrogen-bond acceptors (Lipinski definition) is 1. The van der Waals surface area contributed by atoms with E-state index >= 15 is 0 Å². The van der Waals surface area contributed by atoms with E-state index in [0.29, 0.717) is 11.7 Å². The number of hydrogen-bond donors (Lipinski definition) is 1. The average molecular weight is 443 g/mol. The molecule has 1 N–H and O–H groups in total. The summed E-state index contributed by atoms with van der Waals surface area (Å²) in [4.78, 5) is 0. The first-order valence-electron chi connectivity index (χ1n) is 7.90. The van der Waals surface area contributed by atoms with Gasteiger partial charge in [-0.15, -0.1) is 0 Å². The molecule has 0 radical (unpaired) electrons. The molecular weight excluding hydrogens is 425 g/mol. The molecule has 1 nitrogen and oxygen atoms in total. The molecule has 134 valence electrons. The van der Waals surface area contributed by atoms with E-state index in [-0.39, 0.29) is 20.1 Å². The number of phenols is 1. The molecule has 0 spiro atoms. The van der Waals surface area contributed by atoms with Crippen molar-refractivity contribution in [3.8, 4) is 5.75 Å². The van der Waals surface area contributed by atoms with Crippen LogP contribution in [-0.4, -0.2) is 5.11 Å². The van der Waals surface area contributed by atoms with Crippen molar-refractivity contribution in [3.05, 3.63) is 89.2 Å². The van der Waals surface area contributed by atoms with Crippen LogP contribution in [0.15, 0.2) is 66.7 Å². The van der Waals surface area contributed by atoms with Gasteiger partial charge < -0.3 is 5.11 Å². The summed E-state index contributed by atoms with van der Waals surface area (Å²) in [6.07, 6.45) is 0.668. The third kappa shape index (κ3) is 6.08. The van der Waals surface area contributed by atoms with Crippen molar-refractivity contribution in [2.75, 3.05) is 0 Å². The van der Waals surface area contributed by atoms with Crippen LogP contribution in [0.4, 0.5) is 4.39 Å². The van der Waals surface area contributed by atoms with Gasteiger partial charge in [0.15, 0.2) is 0 Å². The number of aryl methyl sites for hydroxylation is 1. The zero-order valence-corrected chi connectivity index (χ0v) is 18.2. The number of phenolic OH excluding ortho intramolecular Hbond substituents is 1. The average Bonchev–Trinajstić information content (AvgIpc) is 2.63. The van der Waals surface area contributed by atoms with Gasteiger partial charge in [0, 0.05) is 17.0 Å². The van der Waals surface area contributed by atoms with Crippen molar-refractivity contribution >= 4 is 37.8 Å². The fourth-order valence-electron chi connectivity index (χ4n) is 2.58. The van der Waals surface area contributed by atoms with Crippen LogP contribution in [0.25, 0.3) is 0 Å². The van der Waals surface area contributed by atoms with Gasteiger partial charge in [0.1, 0.15) is 11.6 Å². The Morgan fingerprint density at radius 1 is 0.962 bits per heavy atom. The molecule has 1 unspecified atom stereocenters. The van der Waals surface area contributed by atoms with Crippen molar-refractivity contribution in [1.82, 2.24) is 0 Å². The number of halogens is 3. The van der Waals surface area contributed by atoms with Crippen LogP contribution in [0.3, 0.4) is 0 Å². The zero-order valence-electron chi connectivity index (χ0n) is 14.1. The van der Waals surface area contributed by atoms with Gasteiger partial charge in [-0.2, -0.15) is 0 Å². The maximum absolute atomic E-state index is 14.0. The van der Waals surface area contributed by atoms with Gasteiger partial charge >= 0.3 is 35.6 Å². The number of para-hydroxylation sites is 1. The summed E-state index contributed by atoms with van der Waals surface area (Å²) in [5, 5.41) is 12.0. The summed E-state index contributed by atoms with van der Waals surface area (Å²) in [7, 11) is 9.88. The Hall–Kier alpha value is -0.886. The van der Waals surface area contributed by atoms with E-state index in [2.05, 4.69) is 0 Å². The summed E-state index contributed by atoms with van der Waals surface area (Å²) < 4.78 is 14.0. The molecule has 0 saturated carbocycles. The molecule has 0 fully saturated rings. The van der Waals surface area contributed by atoms with Crippen molar-refractivity contribution in [2.24, 2.45) is 0 Å². The normalized spacial score (nSPS) is 10.5. The first-order chi connectivity index (χ1) is 12.6. The minimum atomic E-state index is -0.556. The summed E-state index contributed by atoms with van der Waals surface area (Å²) in [6.45, 7) is 1.90. The van der Waals surface area contributed by atoms with Crippen LogP contribution in [0.2, 0.25) is 0 Å². The predicted octanol–water partition coefficient (Wildman–Crippen LogP) is 5.44. The Balaban J connectivity index is 0.000000758. The van der Waals surface area contributed by atoms with Crippen LogP contribution < -0.4 is 10.6 Å². The van der Waals surface area contributed by atoms with E-state index in [1.807, 2.05) is 61.5 Å². The molecular formula is C20H18Cl2FOPTi. The van der Waals surface area contributed by atoms with Crippen molar-refractivity contribution in [1.29, 1.82) is 0 Å². The quantitative estimate of drug-likeness (QED) is 0.421. The molecule has 6 heteroatoms. The topological polar surface area (TPSA) is 20.2 Å². The molecule has 0 aromatic heterocycles. The van der Waals surface area contributed by atoms with E-state index in [9.17, 15) is 9.50 Å². The molecule has 0 aliphatic heterocycles. The molecule has 0 heterocycles. The fraction of sp³-hybridized carbons (Fsp3) is 0.100. The van der Waals surface area contributed by atoms with Crippen LogP contribution in [0, 0.1) is 12.7 Å². The molecule has 0 saturated heterocycles. The zero-order chi connectivity index (χ0) is 18.9. The molecule has 0 amide bonds. The molecule has 0 aliphatic carbocycles. The second-order valence-corrected chi connectivity index (χ2v) is 9.47. The maximum atomic E-state index is 14.0. The second kappa shape index (κ2) is 11.1. The predicted molar refractivity (Wildman–Crippen MR) is 108 cm³/mol. The van der Waals surface area contributed by atoms with E-state index < -0.39 is 17.0 Å². The first kappa shape index (κ1) is 21.4. The fourth-order valence-corrected chi connectivity index (χ4v) is 3.79. The van der Waals surface area contributed by atoms with Crippen molar-refractivity contribution in [2.45, 2.75) is 13.3 Å². The van der Waals surface area contributed by atoms with Crippen LogP contribution in [-0.2, 0) is 23.5 Å². The Labute approximate surface area is 172 Å². The third-order valence-electron chi connectivity index (χ3n) is 3.84. The van der Waals surface area contributed by atoms with Gasteiger partial charge in [0.25, 0.3) is 0 Å². The summed E-state index contributed by atoms with van der Waals surface area (Å²) >= 11 is -0.556. The molecule has 3 aromatic carbocycles. The van der Waals surface area contributed by atoms with Crippen LogP contribution in [0.1, 0.15) is 16.7 Å². The third-order valence-corrected chi connectivity index (χ3v) is 5.39. The Bertz CT molecular complexity index is 826. The standard InChI is InChI=1S/C20H18FOP.2ClH.Ti/c1-14-7-5-11-17(21)20(14)23-18-12-6-10-16(19(18)22)13-15-8-3-2-4-9-15;;;/h2-12,22-23H,13H2,1H3;2*1H;/q;;;+2/p-2. The molecule has 0 aliphatic rings. The minimum absolute atomic E-state index is 0.105. The Morgan fingerprint density at radius 2 is 1.62 bits per heavy atom. The summed E-state index contributed by atoms with van der Waals surface area (Å²) in [5.41, 5.74) is 2.93. The van der Waals surface area contributed by atoms with Gasteiger partial charge in [0.05, 0.1) is 0 Å². The van der Waals surface area contributed by atoms with Gasteiger partial charge in [0.2, 0.25) is 0 Å². The SMILES string of the molecule is Cc1cccc(F)c1Pc1cccc(Cc2ccccc2)c1O.[Cl][Ti][Cl]. The van der Waals surface area contributed by atoms with Crippen LogP contribution >= 0.6 is 27.2 Å². The molecule has 0 bridgehead atoms. The monoisotopic (exact) mass is 442 g/mol. The Morgan fingerprint density at radius 3 is 2.27 bits per heavy atom. The van der Waals surface area contributed by atoms with Gasteiger partial charge in [-0.3, -0.25) is 0 Å². The molecule has 3 rings (SSSR count). The van der Waals surface area contributed by atoms with Gasteiger partial charge in [-0.05, 0) is 29.7 Å². The van der Waals surface area contributed by atoms with E-state index in [0.717, 1.165) is 22.0 Å². The van der Waals surface area contributed by atoms with Crippen LogP contribution in [0.5, 0.6) is 5.75 Å². The summed E-state index contributed by atoms with van der Waals surface area (Å²) in [6, 6.07) is 20.8. The van der Waals surface area contributed by atoms with Gasteiger partial charge in [-0.25, -0.2) is 4.39 Å². The van der Waals surface area contributed by atoms with E-state index in [1.165, 1.54) is 6.07 Å². The van der Waals surface area contributed by atoms with Gasteiger partial charge in [-0.1, -0.05) is 69.2 Å². The number of benzene rings is 3. The van der Waals surface area contributed by atoms with Crippen molar-refractivity contribution in [3.63, 3.8) is 0 Å². The Kier molecular flexibility index (Phi) is 9.12. The van der Waals surface area contributed by atoms with E-state index in [1.54, 1.807) is 6.07 Å². The number of rotatable bonds is 4. The summed E-state index contributed by atoms with van der Waals surface area (Å²) in [5.74, 6) is 0.0635. The molecule has 3 aromatic rings. The molecule has 1 atom stereocenters. The first-order valence-corrected chi connectivity index (χ1v) is 13.2. The van der Waals surface area contributed by atoms with Crippen molar-refractivity contribution < 1.29 is 26.5 Å². The number of aromatic hydroxyl groups is 1.